The van der Waals surface area contributed by atoms with Crippen molar-refractivity contribution in [2.75, 3.05) is 7.05 Å². The van der Waals surface area contributed by atoms with Gasteiger partial charge in [0.25, 0.3) is 5.91 Å². The summed E-state index contributed by atoms with van der Waals surface area (Å²) in [4.78, 5) is 27.3. The molecule has 0 aliphatic heterocycles. The van der Waals surface area contributed by atoms with E-state index in [1.54, 1.807) is 24.1 Å². The standard InChI is InChI=1S/C15H15FN2O2/c1-10(11-3-6-13(16)7-4-11)18(2)15(20)12-5-8-14(19)17-9-12/h3-10H,1-2H3,(H,17,19). The number of nitrogens with one attached hydrogen (secondary N) is 1. The normalized spacial score (nSPS) is 11.9. The van der Waals surface area contributed by atoms with E-state index < -0.39 is 0 Å². The molecule has 0 saturated heterocycles. The number of hydrogen-bond donors (Lipinski definition) is 1. The Morgan fingerprint density at radius 3 is 2.40 bits per heavy atom. The van der Waals surface area contributed by atoms with E-state index >= 15 is 0 Å². The molecule has 0 aliphatic carbocycles. The summed E-state index contributed by atoms with van der Waals surface area (Å²) in [5, 5.41) is 0. The minimum Gasteiger partial charge on any atom is -0.335 e. The average Bonchev–Trinajstić information content (AvgIpc) is 2.46. The minimum absolute atomic E-state index is 0.199. The average molecular weight is 274 g/mol. The predicted octanol–water partition coefficient (Wildman–Crippen LogP) is 2.35. The molecular formula is C15H15FN2O2. The van der Waals surface area contributed by atoms with Gasteiger partial charge in [0.2, 0.25) is 5.56 Å². The van der Waals surface area contributed by atoms with Gasteiger partial charge in [-0.05, 0) is 30.7 Å². The van der Waals surface area contributed by atoms with Crippen LogP contribution in [0.25, 0.3) is 0 Å². The van der Waals surface area contributed by atoms with Crippen LogP contribution >= 0.6 is 0 Å². The summed E-state index contributed by atoms with van der Waals surface area (Å²) in [6.45, 7) is 1.86. The number of hydrogen-bond acceptors (Lipinski definition) is 2. The first-order valence-electron chi connectivity index (χ1n) is 6.20. The van der Waals surface area contributed by atoms with Crippen molar-refractivity contribution >= 4 is 5.91 Å². The van der Waals surface area contributed by atoms with Gasteiger partial charge in [-0.3, -0.25) is 9.59 Å². The van der Waals surface area contributed by atoms with E-state index in [0.29, 0.717) is 5.56 Å². The molecule has 1 N–H and O–H groups in total. The van der Waals surface area contributed by atoms with Gasteiger partial charge in [0, 0.05) is 19.3 Å². The molecule has 0 spiro atoms. The van der Waals surface area contributed by atoms with Gasteiger partial charge in [-0.25, -0.2) is 4.39 Å². The van der Waals surface area contributed by atoms with Crippen LogP contribution in [0.3, 0.4) is 0 Å². The van der Waals surface area contributed by atoms with Crippen molar-refractivity contribution in [2.24, 2.45) is 0 Å². The number of aromatic amines is 1. The lowest BCUT2D eigenvalue weighted by Gasteiger charge is -2.25. The van der Waals surface area contributed by atoms with Crippen LogP contribution in [-0.4, -0.2) is 22.8 Å². The summed E-state index contributed by atoms with van der Waals surface area (Å²) >= 11 is 0. The van der Waals surface area contributed by atoms with Crippen LogP contribution in [0, 0.1) is 5.82 Å². The van der Waals surface area contributed by atoms with Crippen LogP contribution in [-0.2, 0) is 0 Å². The van der Waals surface area contributed by atoms with E-state index in [9.17, 15) is 14.0 Å². The zero-order valence-electron chi connectivity index (χ0n) is 11.3. The largest absolute Gasteiger partial charge is 0.335 e. The first-order chi connectivity index (χ1) is 9.49. The van der Waals surface area contributed by atoms with Crippen molar-refractivity contribution in [3.63, 3.8) is 0 Å². The molecule has 0 aliphatic rings. The van der Waals surface area contributed by atoms with Gasteiger partial charge in [0.15, 0.2) is 0 Å². The number of halogens is 1. The number of H-pyrrole nitrogens is 1. The topological polar surface area (TPSA) is 53.2 Å². The Hall–Kier alpha value is -2.43. The zero-order chi connectivity index (χ0) is 14.7. The molecule has 5 heteroatoms. The first-order valence-corrected chi connectivity index (χ1v) is 6.20. The molecular weight excluding hydrogens is 259 g/mol. The van der Waals surface area contributed by atoms with Crippen LogP contribution in [0.15, 0.2) is 47.4 Å². The second-order valence-electron chi connectivity index (χ2n) is 4.59. The maximum atomic E-state index is 12.9. The van der Waals surface area contributed by atoms with E-state index in [2.05, 4.69) is 4.98 Å². The zero-order valence-corrected chi connectivity index (χ0v) is 11.3. The van der Waals surface area contributed by atoms with Gasteiger partial charge in [0.1, 0.15) is 5.82 Å². The van der Waals surface area contributed by atoms with Gasteiger partial charge in [-0.2, -0.15) is 0 Å². The minimum atomic E-state index is -0.310. The quantitative estimate of drug-likeness (QED) is 0.934. The third-order valence-corrected chi connectivity index (χ3v) is 3.28. The molecule has 2 aromatic rings. The predicted molar refractivity (Wildman–Crippen MR) is 74.0 cm³/mol. The van der Waals surface area contributed by atoms with E-state index in [-0.39, 0.29) is 23.3 Å². The number of carbonyl (C=O) groups excluding carboxylic acids is 1. The molecule has 1 atom stereocenters. The van der Waals surface area contributed by atoms with Crippen LogP contribution in [0.2, 0.25) is 0 Å². The lowest BCUT2D eigenvalue weighted by Crippen LogP contribution is -2.30. The van der Waals surface area contributed by atoms with E-state index in [1.807, 2.05) is 6.92 Å². The second kappa shape index (κ2) is 5.69. The molecule has 0 radical (unpaired) electrons. The molecule has 20 heavy (non-hydrogen) atoms. The highest BCUT2D eigenvalue weighted by Gasteiger charge is 2.18. The van der Waals surface area contributed by atoms with Crippen molar-refractivity contribution in [1.82, 2.24) is 9.88 Å². The van der Waals surface area contributed by atoms with Crippen molar-refractivity contribution in [3.8, 4) is 0 Å². The van der Waals surface area contributed by atoms with Gasteiger partial charge >= 0.3 is 0 Å². The van der Waals surface area contributed by atoms with Crippen LogP contribution in [0.1, 0.15) is 28.9 Å². The highest BCUT2D eigenvalue weighted by Crippen LogP contribution is 2.20. The number of aromatic nitrogens is 1. The van der Waals surface area contributed by atoms with Gasteiger partial charge in [-0.1, -0.05) is 12.1 Å². The maximum Gasteiger partial charge on any atom is 0.255 e. The Morgan fingerprint density at radius 2 is 1.85 bits per heavy atom. The summed E-state index contributed by atoms with van der Waals surface area (Å²) in [7, 11) is 1.67. The number of rotatable bonds is 3. The van der Waals surface area contributed by atoms with Gasteiger partial charge in [0.05, 0.1) is 11.6 Å². The highest BCUT2D eigenvalue weighted by atomic mass is 19.1. The fourth-order valence-electron chi connectivity index (χ4n) is 1.89. The van der Waals surface area contributed by atoms with Crippen LogP contribution < -0.4 is 5.56 Å². The Balaban J connectivity index is 2.19. The Labute approximate surface area is 115 Å². The smallest absolute Gasteiger partial charge is 0.255 e. The van der Waals surface area contributed by atoms with Crippen molar-refractivity contribution in [1.29, 1.82) is 0 Å². The van der Waals surface area contributed by atoms with Crippen LogP contribution in [0.4, 0.5) is 4.39 Å². The number of carbonyl (C=O) groups is 1. The summed E-state index contributed by atoms with van der Waals surface area (Å²) < 4.78 is 12.9. The van der Waals surface area contributed by atoms with Gasteiger partial charge < -0.3 is 9.88 Å². The van der Waals surface area contributed by atoms with Crippen molar-refractivity contribution < 1.29 is 9.18 Å². The second-order valence-corrected chi connectivity index (χ2v) is 4.59. The Kier molecular flexibility index (Phi) is 3.98. The molecule has 104 valence electrons. The molecule has 1 amide bonds. The molecule has 4 nitrogen and oxygen atoms in total. The third kappa shape index (κ3) is 2.93. The summed E-state index contributed by atoms with van der Waals surface area (Å²) in [6.07, 6.45) is 1.39. The van der Waals surface area contributed by atoms with E-state index in [1.165, 1.54) is 30.5 Å². The number of pyridine rings is 1. The number of amides is 1. The SMILES string of the molecule is CC(c1ccc(F)cc1)N(C)C(=O)c1ccc(=O)[nH]c1. The van der Waals surface area contributed by atoms with E-state index in [0.717, 1.165) is 5.56 Å². The van der Waals surface area contributed by atoms with Crippen LogP contribution in [0.5, 0.6) is 0 Å². The van der Waals surface area contributed by atoms with Crippen molar-refractivity contribution in [3.05, 3.63) is 69.9 Å². The first kappa shape index (κ1) is 14.0. The number of nitrogens with zero attached hydrogens (tertiary/aromatic N) is 1. The lowest BCUT2D eigenvalue weighted by atomic mass is 10.1. The lowest BCUT2D eigenvalue weighted by molar-refractivity contribution is 0.0742. The Bertz CT molecular complexity index is 644. The molecule has 0 saturated carbocycles. The third-order valence-electron chi connectivity index (χ3n) is 3.28. The highest BCUT2D eigenvalue weighted by molar-refractivity contribution is 5.93. The summed E-state index contributed by atoms with van der Waals surface area (Å²) in [5.74, 6) is -0.520. The maximum absolute atomic E-state index is 12.9. The summed E-state index contributed by atoms with van der Waals surface area (Å²) in [6, 6.07) is 8.62. The fraction of sp³-hybridized carbons (Fsp3) is 0.200. The van der Waals surface area contributed by atoms with E-state index in [4.69, 9.17) is 0 Å². The number of benzene rings is 1. The molecule has 2 rings (SSSR count). The molecule has 1 aromatic carbocycles. The van der Waals surface area contributed by atoms with Crippen molar-refractivity contribution in [2.45, 2.75) is 13.0 Å². The molecule has 0 fully saturated rings. The summed E-state index contributed by atoms with van der Waals surface area (Å²) in [5.41, 5.74) is 0.989. The fourth-order valence-corrected chi connectivity index (χ4v) is 1.89. The molecule has 1 aromatic heterocycles. The monoisotopic (exact) mass is 274 g/mol. The molecule has 1 heterocycles. The molecule has 0 bridgehead atoms. The van der Waals surface area contributed by atoms with Gasteiger partial charge in [-0.15, -0.1) is 0 Å². The molecule has 1 unspecified atom stereocenters. The Morgan fingerprint density at radius 1 is 1.20 bits per heavy atom.